The first-order valence-electron chi connectivity index (χ1n) is 12.5. The van der Waals surface area contributed by atoms with E-state index in [0.717, 1.165) is 37.3 Å². The van der Waals surface area contributed by atoms with Crippen LogP contribution >= 0.6 is 0 Å². The molecule has 33 heavy (non-hydrogen) atoms. The smallest absolute Gasteiger partial charge is 0.118 e. The number of piperidine rings is 2. The molecule has 0 bridgehead atoms. The van der Waals surface area contributed by atoms with Crippen LogP contribution in [0.15, 0.2) is 54.9 Å². The molecule has 5 nitrogen and oxygen atoms in total. The zero-order valence-electron chi connectivity index (χ0n) is 20.4. The van der Waals surface area contributed by atoms with Gasteiger partial charge < -0.3 is 14.5 Å². The molecule has 4 rings (SSSR count). The highest BCUT2D eigenvalue weighted by Gasteiger charge is 2.28. The number of hydrogen-bond donors (Lipinski definition) is 0. The molecule has 3 heterocycles. The first-order valence-corrected chi connectivity index (χ1v) is 12.5. The lowest BCUT2D eigenvalue weighted by Gasteiger charge is -2.41. The van der Waals surface area contributed by atoms with Gasteiger partial charge in [0, 0.05) is 38.1 Å². The van der Waals surface area contributed by atoms with Crippen molar-refractivity contribution in [2.45, 2.75) is 38.3 Å². The highest BCUT2D eigenvalue weighted by molar-refractivity contribution is 5.50. The molecule has 2 aliphatic rings. The maximum absolute atomic E-state index is 5.27. The highest BCUT2D eigenvalue weighted by Crippen LogP contribution is 2.25. The molecule has 2 saturated heterocycles. The van der Waals surface area contributed by atoms with Gasteiger partial charge in [0.2, 0.25) is 0 Å². The number of aromatic nitrogens is 1. The van der Waals surface area contributed by atoms with E-state index >= 15 is 0 Å². The van der Waals surface area contributed by atoms with Crippen molar-refractivity contribution in [1.29, 1.82) is 0 Å². The normalized spacial score (nSPS) is 19.5. The first-order chi connectivity index (χ1) is 16.2. The number of nitrogens with zero attached hydrogens (tertiary/aromatic N) is 4. The Balaban J connectivity index is 1.31. The number of pyridine rings is 1. The van der Waals surface area contributed by atoms with Gasteiger partial charge in [0.15, 0.2) is 0 Å². The predicted octanol–water partition coefficient (Wildman–Crippen LogP) is 4.41. The molecule has 1 aromatic heterocycles. The Bertz CT molecular complexity index is 838. The van der Waals surface area contributed by atoms with E-state index in [2.05, 4.69) is 63.1 Å². The molecule has 1 aromatic carbocycles. The minimum Gasteiger partial charge on any atom is -0.497 e. The predicted molar refractivity (Wildman–Crippen MR) is 136 cm³/mol. The molecule has 0 spiro atoms. The van der Waals surface area contributed by atoms with Crippen LogP contribution in [0.2, 0.25) is 0 Å². The second-order valence-corrected chi connectivity index (χ2v) is 9.74. The standard InChI is InChI=1S/C28H40N4O/c1-30-18-13-27(14-19-30)32-20-11-26(12-21-32)23-31(22-25-9-15-29-16-10-25)17-3-4-24-5-7-28(33-2)8-6-24/h3-10,15-16,26-27H,11-14,17-23H2,1-2H3. The van der Waals surface area contributed by atoms with E-state index in [0.29, 0.717) is 0 Å². The van der Waals surface area contributed by atoms with Gasteiger partial charge in [-0.3, -0.25) is 9.88 Å². The molecule has 2 aromatic rings. The summed E-state index contributed by atoms with van der Waals surface area (Å²) < 4.78 is 5.27. The number of likely N-dealkylation sites (tertiary alicyclic amines) is 2. The van der Waals surface area contributed by atoms with Gasteiger partial charge in [0.05, 0.1) is 7.11 Å². The molecule has 0 aliphatic carbocycles. The van der Waals surface area contributed by atoms with Crippen LogP contribution in [0.4, 0.5) is 0 Å². The Hall–Kier alpha value is -2.21. The molecular weight excluding hydrogens is 408 g/mol. The molecular formula is C28H40N4O. The molecule has 0 N–H and O–H groups in total. The first kappa shape index (κ1) is 23.9. The Labute approximate surface area is 200 Å². The Morgan fingerprint density at radius 3 is 2.33 bits per heavy atom. The summed E-state index contributed by atoms with van der Waals surface area (Å²) in [7, 11) is 3.96. The average molecular weight is 449 g/mol. The highest BCUT2D eigenvalue weighted by atomic mass is 16.5. The SMILES string of the molecule is COc1ccc(C=CCN(Cc2ccncc2)CC2CCN(C3CCN(C)CC3)CC2)cc1. The summed E-state index contributed by atoms with van der Waals surface area (Å²) in [5.74, 6) is 1.68. The maximum Gasteiger partial charge on any atom is 0.118 e. The van der Waals surface area contributed by atoms with Gasteiger partial charge >= 0.3 is 0 Å². The largest absolute Gasteiger partial charge is 0.497 e. The van der Waals surface area contributed by atoms with E-state index in [-0.39, 0.29) is 0 Å². The van der Waals surface area contributed by atoms with E-state index in [1.54, 1.807) is 7.11 Å². The van der Waals surface area contributed by atoms with Crippen molar-refractivity contribution in [1.82, 2.24) is 19.7 Å². The minimum absolute atomic E-state index is 0.781. The van der Waals surface area contributed by atoms with Crippen LogP contribution < -0.4 is 4.74 Å². The maximum atomic E-state index is 5.27. The third-order valence-corrected chi connectivity index (χ3v) is 7.32. The fourth-order valence-corrected chi connectivity index (χ4v) is 5.23. The van der Waals surface area contributed by atoms with Gasteiger partial charge in [0.1, 0.15) is 5.75 Å². The van der Waals surface area contributed by atoms with Crippen LogP contribution in [-0.4, -0.2) is 79.2 Å². The Kier molecular flexibility index (Phi) is 8.93. The third kappa shape index (κ3) is 7.39. The van der Waals surface area contributed by atoms with Crippen LogP contribution in [0.25, 0.3) is 6.08 Å². The topological polar surface area (TPSA) is 31.8 Å². The summed E-state index contributed by atoms with van der Waals surface area (Å²) in [5, 5.41) is 0. The molecule has 178 valence electrons. The van der Waals surface area contributed by atoms with E-state index in [4.69, 9.17) is 4.74 Å². The van der Waals surface area contributed by atoms with Crippen molar-refractivity contribution < 1.29 is 4.74 Å². The number of hydrogen-bond acceptors (Lipinski definition) is 5. The summed E-state index contributed by atoms with van der Waals surface area (Å²) >= 11 is 0. The third-order valence-electron chi connectivity index (χ3n) is 7.32. The van der Waals surface area contributed by atoms with Crippen molar-refractivity contribution in [2.75, 3.05) is 53.4 Å². The van der Waals surface area contributed by atoms with Crippen molar-refractivity contribution in [3.63, 3.8) is 0 Å². The van der Waals surface area contributed by atoms with Crippen molar-refractivity contribution in [3.05, 3.63) is 66.0 Å². The zero-order valence-corrected chi connectivity index (χ0v) is 20.4. The molecule has 0 atom stereocenters. The van der Waals surface area contributed by atoms with E-state index < -0.39 is 0 Å². The lowest BCUT2D eigenvalue weighted by Crippen LogP contribution is -2.48. The number of benzene rings is 1. The Morgan fingerprint density at radius 1 is 0.970 bits per heavy atom. The quantitative estimate of drug-likeness (QED) is 0.567. The average Bonchev–Trinajstić information content (AvgIpc) is 2.86. The van der Waals surface area contributed by atoms with Gasteiger partial charge in [0.25, 0.3) is 0 Å². The molecule has 0 unspecified atom stereocenters. The van der Waals surface area contributed by atoms with Gasteiger partial charge in [-0.2, -0.15) is 0 Å². The number of rotatable bonds is 9. The zero-order chi connectivity index (χ0) is 22.9. The van der Waals surface area contributed by atoms with Crippen LogP contribution in [0.5, 0.6) is 5.75 Å². The van der Waals surface area contributed by atoms with Gasteiger partial charge in [-0.1, -0.05) is 24.3 Å². The summed E-state index contributed by atoms with van der Waals surface area (Å²) in [5.41, 5.74) is 2.55. The lowest BCUT2D eigenvalue weighted by molar-refractivity contribution is 0.0754. The van der Waals surface area contributed by atoms with E-state index in [9.17, 15) is 0 Å². The van der Waals surface area contributed by atoms with E-state index in [1.165, 1.54) is 63.0 Å². The molecule has 0 saturated carbocycles. The van der Waals surface area contributed by atoms with Crippen LogP contribution in [0.3, 0.4) is 0 Å². The van der Waals surface area contributed by atoms with E-state index in [1.807, 2.05) is 24.5 Å². The van der Waals surface area contributed by atoms with Gasteiger partial charge in [-0.15, -0.1) is 0 Å². The van der Waals surface area contributed by atoms with Crippen LogP contribution in [0, 0.1) is 5.92 Å². The van der Waals surface area contributed by atoms with Gasteiger partial charge in [-0.25, -0.2) is 0 Å². The minimum atomic E-state index is 0.781. The number of ether oxygens (including phenoxy) is 1. The van der Waals surface area contributed by atoms with Crippen LogP contribution in [0.1, 0.15) is 36.8 Å². The fraction of sp³-hybridized carbons (Fsp3) is 0.536. The monoisotopic (exact) mass is 448 g/mol. The second-order valence-electron chi connectivity index (χ2n) is 9.74. The number of methoxy groups -OCH3 is 1. The molecule has 2 aliphatic heterocycles. The molecule has 5 heteroatoms. The second kappa shape index (κ2) is 12.3. The molecule has 0 amide bonds. The fourth-order valence-electron chi connectivity index (χ4n) is 5.23. The van der Waals surface area contributed by atoms with Crippen molar-refractivity contribution in [2.24, 2.45) is 5.92 Å². The Morgan fingerprint density at radius 2 is 1.67 bits per heavy atom. The summed E-state index contributed by atoms with van der Waals surface area (Å²) in [6.07, 6.45) is 13.7. The lowest BCUT2D eigenvalue weighted by atomic mass is 9.93. The molecule has 0 radical (unpaired) electrons. The van der Waals surface area contributed by atoms with Crippen LogP contribution in [-0.2, 0) is 6.54 Å². The van der Waals surface area contributed by atoms with Gasteiger partial charge in [-0.05, 0) is 100 Å². The summed E-state index contributed by atoms with van der Waals surface area (Å²) in [6.45, 7) is 8.15. The summed E-state index contributed by atoms with van der Waals surface area (Å²) in [6, 6.07) is 13.4. The van der Waals surface area contributed by atoms with Crippen molar-refractivity contribution in [3.8, 4) is 5.75 Å². The van der Waals surface area contributed by atoms with Crippen molar-refractivity contribution >= 4 is 6.08 Å². The molecule has 2 fully saturated rings. The summed E-state index contributed by atoms with van der Waals surface area (Å²) in [4.78, 5) is 12.0.